The molecule has 2 aromatic heterocycles. The second-order valence-electron chi connectivity index (χ2n) is 10.0. The van der Waals surface area contributed by atoms with Gasteiger partial charge in [0, 0.05) is 33.3 Å². The molecule has 0 aliphatic rings. The summed E-state index contributed by atoms with van der Waals surface area (Å²) in [6, 6.07) is 21.2. The molecule has 4 rings (SSSR count). The Morgan fingerprint density at radius 1 is 0.861 bits per heavy atom. The van der Waals surface area contributed by atoms with E-state index < -0.39 is 0 Å². The van der Waals surface area contributed by atoms with E-state index in [0.717, 1.165) is 45.2 Å². The molecular weight excluding hydrogens is 467 g/mol. The quantitative estimate of drug-likeness (QED) is 0.204. The zero-order valence-electron chi connectivity index (χ0n) is 21.8. The molecule has 0 aliphatic carbocycles. The molecule has 4 nitrogen and oxygen atoms in total. The summed E-state index contributed by atoms with van der Waals surface area (Å²) < 4.78 is 13.9. The van der Waals surface area contributed by atoms with Crippen molar-refractivity contribution in [2.24, 2.45) is 0 Å². The van der Waals surface area contributed by atoms with Gasteiger partial charge >= 0.3 is 0 Å². The van der Waals surface area contributed by atoms with Gasteiger partial charge in [0.05, 0.1) is 5.69 Å². The predicted molar refractivity (Wildman–Crippen MR) is 149 cm³/mol. The average Bonchev–Trinajstić information content (AvgIpc) is 2.81. The molecule has 1 atom stereocenters. The largest absolute Gasteiger partial charge is 0.350 e. The lowest BCUT2D eigenvalue weighted by molar-refractivity contribution is 0.624. The van der Waals surface area contributed by atoms with Crippen molar-refractivity contribution in [2.75, 3.05) is 5.32 Å². The Kier molecular flexibility index (Phi) is 7.74. The smallest absolute Gasteiger partial charge is 0.224 e. The first-order valence-corrected chi connectivity index (χ1v) is 13.1. The van der Waals surface area contributed by atoms with Crippen molar-refractivity contribution in [3.8, 4) is 22.4 Å². The van der Waals surface area contributed by atoms with Crippen molar-refractivity contribution >= 4 is 17.7 Å². The third-order valence-corrected chi connectivity index (χ3v) is 7.06. The van der Waals surface area contributed by atoms with Crippen molar-refractivity contribution in [1.82, 2.24) is 15.0 Å². The van der Waals surface area contributed by atoms with Crippen LogP contribution in [0.2, 0.25) is 0 Å². The molecule has 0 amide bonds. The summed E-state index contributed by atoms with van der Waals surface area (Å²) in [5.74, 6) is 0.279. The van der Waals surface area contributed by atoms with Gasteiger partial charge in [-0.25, -0.2) is 14.4 Å². The lowest BCUT2D eigenvalue weighted by Crippen LogP contribution is -2.27. The van der Waals surface area contributed by atoms with Gasteiger partial charge in [0.2, 0.25) is 5.95 Å². The molecule has 186 valence electrons. The van der Waals surface area contributed by atoms with Crippen LogP contribution in [0, 0.1) is 19.7 Å². The number of benzene rings is 2. The van der Waals surface area contributed by atoms with E-state index >= 15 is 0 Å². The van der Waals surface area contributed by atoms with Crippen LogP contribution >= 0.6 is 11.8 Å². The van der Waals surface area contributed by atoms with Crippen molar-refractivity contribution < 1.29 is 4.39 Å². The van der Waals surface area contributed by atoms with Crippen LogP contribution < -0.4 is 5.32 Å². The number of hydrogen-bond donors (Lipinski definition) is 1. The Balaban J connectivity index is 1.99. The van der Waals surface area contributed by atoms with Gasteiger partial charge in [-0.15, -0.1) is 0 Å². The van der Waals surface area contributed by atoms with E-state index in [9.17, 15) is 4.39 Å². The molecule has 2 aromatic carbocycles. The van der Waals surface area contributed by atoms with E-state index in [0.29, 0.717) is 5.95 Å². The Morgan fingerprint density at radius 2 is 1.50 bits per heavy atom. The fourth-order valence-corrected chi connectivity index (χ4v) is 5.36. The van der Waals surface area contributed by atoms with Crippen LogP contribution in [0.4, 0.5) is 10.3 Å². The lowest BCUT2D eigenvalue weighted by atomic mass is 10.00. The zero-order chi connectivity index (χ0) is 25.9. The maximum atomic E-state index is 13.9. The average molecular weight is 501 g/mol. The number of hydrogen-bond acceptors (Lipinski definition) is 5. The molecular formula is C30H33FN4S. The highest BCUT2D eigenvalue weighted by Gasteiger charge is 2.24. The topological polar surface area (TPSA) is 50.7 Å². The molecule has 1 N–H and O–H groups in total. The van der Waals surface area contributed by atoms with Gasteiger partial charge < -0.3 is 5.32 Å². The van der Waals surface area contributed by atoms with Crippen molar-refractivity contribution in [1.29, 1.82) is 0 Å². The fraction of sp³-hybridized carbons (Fsp3) is 0.300. The first kappa shape index (κ1) is 25.8. The maximum Gasteiger partial charge on any atom is 0.224 e. The van der Waals surface area contributed by atoms with E-state index in [4.69, 9.17) is 9.97 Å². The van der Waals surface area contributed by atoms with E-state index in [1.54, 1.807) is 23.9 Å². The van der Waals surface area contributed by atoms with Crippen molar-refractivity contribution in [2.45, 2.75) is 63.8 Å². The molecule has 0 radical (unpaired) electrons. The number of aromatic nitrogens is 3. The second-order valence-corrected chi connectivity index (χ2v) is 11.2. The minimum Gasteiger partial charge on any atom is -0.350 e. The van der Waals surface area contributed by atoms with E-state index in [1.165, 1.54) is 17.7 Å². The van der Waals surface area contributed by atoms with Crippen LogP contribution in [-0.2, 0) is 0 Å². The van der Waals surface area contributed by atoms with E-state index in [2.05, 4.69) is 74.4 Å². The first-order valence-electron chi connectivity index (χ1n) is 12.3. The highest BCUT2D eigenvalue weighted by molar-refractivity contribution is 7.99. The van der Waals surface area contributed by atoms with Gasteiger partial charge in [-0.2, -0.15) is 0 Å². The Labute approximate surface area is 217 Å². The normalized spacial score (nSPS) is 12.4. The molecule has 36 heavy (non-hydrogen) atoms. The zero-order valence-corrected chi connectivity index (χ0v) is 22.6. The Bertz CT molecular complexity index is 1310. The molecule has 2 heterocycles. The molecule has 6 heteroatoms. The van der Waals surface area contributed by atoms with Gasteiger partial charge in [-0.3, -0.25) is 4.98 Å². The van der Waals surface area contributed by atoms with Gasteiger partial charge in [-0.1, -0.05) is 49.0 Å². The lowest BCUT2D eigenvalue weighted by Gasteiger charge is -2.24. The number of nitrogens with one attached hydrogen (secondary N) is 1. The number of rotatable bonds is 7. The Hall–Kier alpha value is -3.25. The van der Waals surface area contributed by atoms with E-state index in [-0.39, 0.29) is 16.6 Å². The summed E-state index contributed by atoms with van der Waals surface area (Å²) >= 11 is 1.74. The minimum atomic E-state index is -0.275. The summed E-state index contributed by atoms with van der Waals surface area (Å²) in [5, 5.41) is 4.55. The fourth-order valence-electron chi connectivity index (χ4n) is 4.16. The van der Waals surface area contributed by atoms with Crippen LogP contribution in [0.25, 0.3) is 22.4 Å². The summed E-state index contributed by atoms with van der Waals surface area (Å²) in [5.41, 5.74) is 6.44. The van der Waals surface area contributed by atoms with Crippen molar-refractivity contribution in [3.05, 3.63) is 89.5 Å². The Morgan fingerprint density at radius 3 is 2.08 bits per heavy atom. The van der Waals surface area contributed by atoms with Crippen LogP contribution in [0.3, 0.4) is 0 Å². The van der Waals surface area contributed by atoms with E-state index in [1.807, 2.05) is 19.9 Å². The summed E-state index contributed by atoms with van der Waals surface area (Å²) in [4.78, 5) is 14.6. The third kappa shape index (κ3) is 6.30. The van der Waals surface area contributed by atoms with Crippen LogP contribution in [0.5, 0.6) is 0 Å². The third-order valence-electron chi connectivity index (χ3n) is 5.65. The number of nitrogens with zero attached hydrogens (tertiary/aromatic N) is 3. The second kappa shape index (κ2) is 10.8. The molecule has 0 fully saturated rings. The van der Waals surface area contributed by atoms with Crippen molar-refractivity contribution in [3.63, 3.8) is 0 Å². The predicted octanol–water partition coefficient (Wildman–Crippen LogP) is 8.42. The highest BCUT2D eigenvalue weighted by Crippen LogP contribution is 2.45. The SMILES string of the molecule is CCC(Sc1nc(NC(C)(C)C)nc(-c2ccc(F)cc2)c1-c1cc(C)nc(C)c1)c1ccccc1. The number of halogens is 1. The molecule has 0 saturated heterocycles. The summed E-state index contributed by atoms with van der Waals surface area (Å²) in [6.07, 6.45) is 0.945. The number of thioether (sulfide) groups is 1. The van der Waals surface area contributed by atoms with Gasteiger partial charge in [0.1, 0.15) is 10.8 Å². The first-order chi connectivity index (χ1) is 17.1. The summed E-state index contributed by atoms with van der Waals surface area (Å²) in [6.45, 7) is 12.4. The van der Waals surface area contributed by atoms with Gasteiger partial charge in [0.15, 0.2) is 0 Å². The van der Waals surface area contributed by atoms with Crippen LogP contribution in [0.15, 0.2) is 71.8 Å². The molecule has 0 bridgehead atoms. The molecule has 0 aliphatic heterocycles. The highest BCUT2D eigenvalue weighted by atomic mass is 32.2. The maximum absolute atomic E-state index is 13.9. The molecule has 1 unspecified atom stereocenters. The van der Waals surface area contributed by atoms with Gasteiger partial charge in [0.25, 0.3) is 0 Å². The molecule has 0 saturated carbocycles. The number of pyridine rings is 1. The van der Waals surface area contributed by atoms with Gasteiger partial charge in [-0.05, 0) is 88.6 Å². The number of anilines is 1. The minimum absolute atomic E-state index is 0.215. The molecule has 0 spiro atoms. The summed E-state index contributed by atoms with van der Waals surface area (Å²) in [7, 11) is 0. The monoisotopic (exact) mass is 500 g/mol. The molecule has 4 aromatic rings. The number of aryl methyl sites for hydroxylation is 2. The van der Waals surface area contributed by atoms with Crippen LogP contribution in [-0.4, -0.2) is 20.5 Å². The standard InChI is InChI=1S/C30H33FN4S/c1-7-25(21-11-9-8-10-12-21)36-28-26(23-17-19(2)32-20(3)18-23)27(22-13-15-24(31)16-14-22)33-29(34-28)35-30(4,5)6/h8-18,25H,7H2,1-6H3,(H,33,34,35). The van der Waals surface area contributed by atoms with Crippen LogP contribution in [0.1, 0.15) is 56.3 Å².